The predicted molar refractivity (Wildman–Crippen MR) is 109 cm³/mol. The van der Waals surface area contributed by atoms with Crippen LogP contribution in [0.15, 0.2) is 29.3 Å². The van der Waals surface area contributed by atoms with E-state index in [9.17, 15) is 13.2 Å². The van der Waals surface area contributed by atoms with E-state index in [2.05, 4.69) is 27.3 Å². The van der Waals surface area contributed by atoms with Gasteiger partial charge in [-0.3, -0.25) is 0 Å². The van der Waals surface area contributed by atoms with Gasteiger partial charge in [-0.05, 0) is 18.1 Å². The lowest BCUT2D eigenvalue weighted by atomic mass is 9.89. The van der Waals surface area contributed by atoms with Gasteiger partial charge >= 0.3 is 6.18 Å². The Morgan fingerprint density at radius 1 is 1.19 bits per heavy atom. The maximum absolute atomic E-state index is 12.1. The van der Waals surface area contributed by atoms with Crippen molar-refractivity contribution in [1.82, 2.24) is 10.6 Å². The van der Waals surface area contributed by atoms with Gasteiger partial charge in [-0.25, -0.2) is 4.99 Å². The first kappa shape index (κ1) is 24.0. The van der Waals surface area contributed by atoms with Gasteiger partial charge in [-0.2, -0.15) is 13.2 Å². The third-order valence-electron chi connectivity index (χ3n) is 3.91. The minimum Gasteiger partial charge on any atom is -0.380 e. The minimum atomic E-state index is -4.30. The van der Waals surface area contributed by atoms with Crippen LogP contribution in [0.3, 0.4) is 0 Å². The van der Waals surface area contributed by atoms with Crippen LogP contribution in [0.25, 0.3) is 0 Å². The lowest BCUT2D eigenvalue weighted by Gasteiger charge is -2.38. The Bertz CT molecular complexity index is 591. The van der Waals surface area contributed by atoms with Gasteiger partial charge in [0, 0.05) is 18.5 Å². The van der Waals surface area contributed by atoms with E-state index >= 15 is 0 Å². The van der Waals surface area contributed by atoms with Crippen molar-refractivity contribution in [2.75, 3.05) is 32.9 Å². The van der Waals surface area contributed by atoms with Gasteiger partial charge in [0.05, 0.1) is 26.4 Å². The molecular formula is C18H27F3IN3O2. The smallest absolute Gasteiger partial charge is 0.380 e. The molecule has 0 aromatic heterocycles. The molecule has 1 saturated heterocycles. The fourth-order valence-electron chi connectivity index (χ4n) is 2.39. The fourth-order valence-corrected chi connectivity index (χ4v) is 2.39. The molecule has 9 heteroatoms. The largest absolute Gasteiger partial charge is 0.411 e. The number of ether oxygens (including phenoxy) is 2. The molecule has 1 aliphatic rings. The highest BCUT2D eigenvalue weighted by Gasteiger charge is 2.33. The minimum absolute atomic E-state index is 0. The summed E-state index contributed by atoms with van der Waals surface area (Å²) in [5.74, 6) is 0.734. The number of guanidine groups is 1. The molecule has 154 valence electrons. The zero-order valence-corrected chi connectivity index (χ0v) is 17.9. The monoisotopic (exact) mass is 501 g/mol. The third-order valence-corrected chi connectivity index (χ3v) is 3.91. The Morgan fingerprint density at radius 3 is 2.33 bits per heavy atom. The molecule has 5 nitrogen and oxygen atoms in total. The van der Waals surface area contributed by atoms with Crippen molar-refractivity contribution in [2.45, 2.75) is 33.2 Å². The summed E-state index contributed by atoms with van der Waals surface area (Å²) >= 11 is 0. The third kappa shape index (κ3) is 9.11. The standard InChI is InChI=1S/C18H26F3N3O2.HI/c1-3-22-16(24-10-17(2)11-26-12-17)23-8-14-4-6-15(7-5-14)9-25-13-18(19,20)21;/h4-7H,3,8-13H2,1-2H3,(H2,22,23,24);1H. The van der Waals surface area contributed by atoms with Crippen molar-refractivity contribution >= 4 is 29.9 Å². The molecule has 0 aliphatic carbocycles. The normalized spacial score (nSPS) is 16.3. The van der Waals surface area contributed by atoms with E-state index in [1.54, 1.807) is 12.1 Å². The van der Waals surface area contributed by atoms with E-state index in [4.69, 9.17) is 4.74 Å². The molecule has 2 N–H and O–H groups in total. The summed E-state index contributed by atoms with van der Waals surface area (Å²) in [6.45, 7) is 6.38. The van der Waals surface area contributed by atoms with Gasteiger partial charge in [-0.1, -0.05) is 31.2 Å². The van der Waals surface area contributed by atoms with Gasteiger partial charge in [0.1, 0.15) is 6.61 Å². The molecule has 1 aliphatic heterocycles. The first-order valence-electron chi connectivity index (χ1n) is 8.62. The second-order valence-corrected chi connectivity index (χ2v) is 6.78. The van der Waals surface area contributed by atoms with Crippen molar-refractivity contribution in [2.24, 2.45) is 10.4 Å². The van der Waals surface area contributed by atoms with Crippen LogP contribution < -0.4 is 10.6 Å². The van der Waals surface area contributed by atoms with Crippen LogP contribution >= 0.6 is 24.0 Å². The summed E-state index contributed by atoms with van der Waals surface area (Å²) in [4.78, 5) is 4.54. The lowest BCUT2D eigenvalue weighted by Crippen LogP contribution is -2.51. The molecule has 0 amide bonds. The summed E-state index contributed by atoms with van der Waals surface area (Å²) in [6.07, 6.45) is -4.30. The molecule has 0 radical (unpaired) electrons. The van der Waals surface area contributed by atoms with Gasteiger partial charge in [-0.15, -0.1) is 24.0 Å². The summed E-state index contributed by atoms with van der Waals surface area (Å²) in [5, 5.41) is 6.52. The van der Waals surface area contributed by atoms with Gasteiger partial charge in [0.25, 0.3) is 0 Å². The molecular weight excluding hydrogens is 474 g/mol. The van der Waals surface area contributed by atoms with Gasteiger partial charge < -0.3 is 20.1 Å². The molecule has 27 heavy (non-hydrogen) atoms. The quantitative estimate of drug-likeness (QED) is 0.326. The molecule has 2 rings (SSSR count). The Morgan fingerprint density at radius 2 is 1.81 bits per heavy atom. The Kier molecular flexibility index (Phi) is 9.82. The lowest BCUT2D eigenvalue weighted by molar-refractivity contribution is -0.176. The van der Waals surface area contributed by atoms with Crippen LogP contribution in [0.2, 0.25) is 0 Å². The number of hydrogen-bond donors (Lipinski definition) is 2. The molecule has 0 saturated carbocycles. The molecule has 0 atom stereocenters. The van der Waals surface area contributed by atoms with E-state index in [0.29, 0.717) is 12.1 Å². The molecule has 1 aromatic carbocycles. The molecule has 0 bridgehead atoms. The first-order chi connectivity index (χ1) is 12.3. The van der Waals surface area contributed by atoms with Crippen molar-refractivity contribution in [1.29, 1.82) is 0 Å². The zero-order chi connectivity index (χ0) is 19.0. The summed E-state index contributed by atoms with van der Waals surface area (Å²) in [7, 11) is 0. The number of alkyl halides is 3. The number of nitrogens with one attached hydrogen (secondary N) is 2. The predicted octanol–water partition coefficient (Wildman–Crippen LogP) is 3.48. The second-order valence-electron chi connectivity index (χ2n) is 6.78. The SMILES string of the molecule is CCNC(=NCc1ccc(COCC(F)(F)F)cc1)NCC1(C)COC1.I. The van der Waals surface area contributed by atoms with Crippen molar-refractivity contribution in [3.63, 3.8) is 0 Å². The average molecular weight is 501 g/mol. The highest BCUT2D eigenvalue weighted by Crippen LogP contribution is 2.25. The number of nitrogens with zero attached hydrogens (tertiary/aromatic N) is 1. The van der Waals surface area contributed by atoms with E-state index in [1.165, 1.54) is 0 Å². The average Bonchev–Trinajstić information content (AvgIpc) is 2.56. The molecule has 1 heterocycles. The Labute approximate surface area is 175 Å². The molecule has 1 fully saturated rings. The van der Waals surface area contributed by atoms with Crippen molar-refractivity contribution in [3.8, 4) is 0 Å². The highest BCUT2D eigenvalue weighted by atomic mass is 127. The number of benzene rings is 1. The maximum atomic E-state index is 12.1. The van der Waals surface area contributed by atoms with Crippen LogP contribution in [-0.2, 0) is 22.6 Å². The van der Waals surface area contributed by atoms with E-state index in [1.807, 2.05) is 19.1 Å². The van der Waals surface area contributed by atoms with Crippen molar-refractivity contribution < 1.29 is 22.6 Å². The topological polar surface area (TPSA) is 54.9 Å². The van der Waals surface area contributed by atoms with E-state index in [0.717, 1.165) is 37.8 Å². The second kappa shape index (κ2) is 11.1. The highest BCUT2D eigenvalue weighted by molar-refractivity contribution is 14.0. The van der Waals surface area contributed by atoms with Crippen LogP contribution in [0.5, 0.6) is 0 Å². The van der Waals surface area contributed by atoms with Gasteiger partial charge in [0.2, 0.25) is 0 Å². The number of rotatable bonds is 8. The fraction of sp³-hybridized carbons (Fsp3) is 0.611. The van der Waals surface area contributed by atoms with E-state index in [-0.39, 0.29) is 36.0 Å². The summed E-state index contributed by atoms with van der Waals surface area (Å²) < 4.78 is 46.1. The summed E-state index contributed by atoms with van der Waals surface area (Å²) in [6, 6.07) is 7.21. The number of hydrogen-bond acceptors (Lipinski definition) is 3. The molecule has 0 spiro atoms. The Balaban J connectivity index is 0.00000364. The first-order valence-corrected chi connectivity index (χ1v) is 8.62. The van der Waals surface area contributed by atoms with E-state index < -0.39 is 12.8 Å². The Hall–Kier alpha value is -1.07. The molecule has 1 aromatic rings. The molecule has 0 unspecified atom stereocenters. The van der Waals surface area contributed by atoms with Crippen LogP contribution in [-0.4, -0.2) is 45.0 Å². The van der Waals surface area contributed by atoms with Crippen LogP contribution in [0, 0.1) is 5.41 Å². The number of aliphatic imine (C=N–C) groups is 1. The van der Waals surface area contributed by atoms with Gasteiger partial charge in [0.15, 0.2) is 5.96 Å². The number of halogens is 4. The summed E-state index contributed by atoms with van der Waals surface area (Å²) in [5.41, 5.74) is 1.82. The van der Waals surface area contributed by atoms with Crippen molar-refractivity contribution in [3.05, 3.63) is 35.4 Å². The van der Waals surface area contributed by atoms with Crippen LogP contribution in [0.1, 0.15) is 25.0 Å². The zero-order valence-electron chi connectivity index (χ0n) is 15.6. The maximum Gasteiger partial charge on any atom is 0.411 e. The van der Waals surface area contributed by atoms with Crippen LogP contribution in [0.4, 0.5) is 13.2 Å².